The van der Waals surface area contributed by atoms with Gasteiger partial charge in [0.2, 0.25) is 5.91 Å². The number of anilines is 1. The molecule has 0 aliphatic carbocycles. The average molecular weight is 359 g/mol. The number of rotatable bonds is 4. The molecule has 1 saturated heterocycles. The quantitative estimate of drug-likeness (QED) is 0.808. The molecule has 0 spiro atoms. The fourth-order valence-electron chi connectivity index (χ4n) is 2.61. The maximum Gasteiger partial charge on any atom is 0.251 e. The predicted molar refractivity (Wildman–Crippen MR) is 89.9 cm³/mol. The Morgan fingerprint density at radius 3 is 2.96 bits per heavy atom. The van der Waals surface area contributed by atoms with Gasteiger partial charge in [-0.3, -0.25) is 9.59 Å². The summed E-state index contributed by atoms with van der Waals surface area (Å²) in [6.07, 6.45) is 4.19. The van der Waals surface area contributed by atoms with Crippen molar-refractivity contribution >= 4 is 28.3 Å². The van der Waals surface area contributed by atoms with E-state index in [9.17, 15) is 14.0 Å². The number of nitrogens with one attached hydrogen (secondary N) is 1. The lowest BCUT2D eigenvalue weighted by Crippen LogP contribution is -2.25. The van der Waals surface area contributed by atoms with Gasteiger partial charge in [-0.1, -0.05) is 17.4 Å². The number of nitrogens with zero attached hydrogens (tertiary/aromatic N) is 3. The van der Waals surface area contributed by atoms with Gasteiger partial charge in [-0.15, -0.1) is 0 Å². The van der Waals surface area contributed by atoms with E-state index < -0.39 is 11.7 Å². The van der Waals surface area contributed by atoms with Gasteiger partial charge in [-0.25, -0.2) is 9.37 Å². The van der Waals surface area contributed by atoms with Crippen LogP contribution in [0.4, 0.5) is 9.52 Å². The van der Waals surface area contributed by atoms with Gasteiger partial charge in [0.15, 0.2) is 11.3 Å². The number of primary amides is 1. The topological polar surface area (TPSA) is 112 Å². The number of nitrogens with two attached hydrogens (primary N) is 1. The van der Waals surface area contributed by atoms with Crippen LogP contribution in [0.2, 0.25) is 0 Å². The van der Waals surface area contributed by atoms with E-state index in [1.165, 1.54) is 35.7 Å². The maximum absolute atomic E-state index is 13.5. The van der Waals surface area contributed by atoms with Crippen molar-refractivity contribution in [2.45, 2.75) is 6.42 Å². The van der Waals surface area contributed by atoms with Crippen LogP contribution in [-0.4, -0.2) is 34.8 Å². The highest BCUT2D eigenvalue weighted by Crippen LogP contribution is 2.30. The summed E-state index contributed by atoms with van der Waals surface area (Å²) in [5.41, 5.74) is 5.54. The molecule has 128 valence electrons. The fraction of sp³-hybridized carbons (Fsp3) is 0.250. The number of aromatic nitrogens is 1. The van der Waals surface area contributed by atoms with E-state index in [1.807, 2.05) is 6.19 Å². The second-order valence-corrected chi connectivity index (χ2v) is 6.64. The van der Waals surface area contributed by atoms with Crippen molar-refractivity contribution in [2.24, 2.45) is 11.7 Å². The molecule has 1 atom stereocenters. The minimum absolute atomic E-state index is 0.185. The van der Waals surface area contributed by atoms with E-state index in [1.54, 1.807) is 4.90 Å². The van der Waals surface area contributed by atoms with Gasteiger partial charge in [-0.05, 0) is 24.1 Å². The van der Waals surface area contributed by atoms with Crippen LogP contribution >= 0.6 is 11.3 Å². The summed E-state index contributed by atoms with van der Waals surface area (Å²) in [6, 6.07) is 4.05. The number of amides is 2. The number of benzene rings is 1. The van der Waals surface area contributed by atoms with Gasteiger partial charge in [0.1, 0.15) is 5.82 Å². The Balaban J connectivity index is 1.73. The van der Waals surface area contributed by atoms with Crippen molar-refractivity contribution in [3.8, 4) is 16.6 Å². The van der Waals surface area contributed by atoms with Crippen LogP contribution in [0, 0.1) is 23.2 Å². The molecule has 3 N–H and O–H groups in total. The molecule has 0 bridgehead atoms. The van der Waals surface area contributed by atoms with Crippen molar-refractivity contribution in [2.75, 3.05) is 18.4 Å². The van der Waals surface area contributed by atoms with Crippen LogP contribution < -0.4 is 11.1 Å². The lowest BCUT2D eigenvalue weighted by Gasteiger charge is -2.08. The zero-order chi connectivity index (χ0) is 18.0. The van der Waals surface area contributed by atoms with Crippen LogP contribution in [0.5, 0.6) is 0 Å². The minimum Gasteiger partial charge on any atom is -0.366 e. The second kappa shape index (κ2) is 6.86. The zero-order valence-electron chi connectivity index (χ0n) is 13.0. The molecule has 1 aromatic heterocycles. The summed E-state index contributed by atoms with van der Waals surface area (Å²) in [5, 5.41) is 12.0. The van der Waals surface area contributed by atoms with Crippen LogP contribution in [0.3, 0.4) is 0 Å². The number of halogens is 1. The highest BCUT2D eigenvalue weighted by Gasteiger charge is 2.28. The summed E-state index contributed by atoms with van der Waals surface area (Å²) in [5.74, 6) is -1.96. The fourth-order valence-corrected chi connectivity index (χ4v) is 3.42. The summed E-state index contributed by atoms with van der Waals surface area (Å²) in [4.78, 5) is 29.8. The van der Waals surface area contributed by atoms with Gasteiger partial charge in [0.05, 0.1) is 16.4 Å². The molecule has 2 heterocycles. The van der Waals surface area contributed by atoms with E-state index in [4.69, 9.17) is 11.0 Å². The number of likely N-dealkylation sites (tertiary alicyclic amines) is 1. The second-order valence-electron chi connectivity index (χ2n) is 5.61. The zero-order valence-corrected chi connectivity index (χ0v) is 13.8. The molecule has 3 rings (SSSR count). The minimum atomic E-state index is -0.847. The van der Waals surface area contributed by atoms with E-state index in [0.717, 1.165) is 0 Å². The Morgan fingerprint density at radius 1 is 1.48 bits per heavy atom. The molecule has 0 saturated carbocycles. The Morgan fingerprint density at radius 2 is 2.28 bits per heavy atom. The first-order chi connectivity index (χ1) is 12.0. The molecule has 7 nitrogen and oxygen atoms in total. The van der Waals surface area contributed by atoms with Crippen LogP contribution in [-0.2, 0) is 4.79 Å². The molecule has 1 aromatic carbocycles. The third-order valence-electron chi connectivity index (χ3n) is 3.95. The van der Waals surface area contributed by atoms with Gasteiger partial charge in [0, 0.05) is 19.3 Å². The molecule has 0 unspecified atom stereocenters. The smallest absolute Gasteiger partial charge is 0.251 e. The average Bonchev–Trinajstić information content (AvgIpc) is 3.24. The molecule has 0 radical (unpaired) electrons. The first-order valence-electron chi connectivity index (χ1n) is 7.49. The highest BCUT2D eigenvalue weighted by molar-refractivity contribution is 7.19. The van der Waals surface area contributed by atoms with Crippen molar-refractivity contribution in [3.63, 3.8) is 0 Å². The van der Waals surface area contributed by atoms with Crippen molar-refractivity contribution < 1.29 is 14.0 Å². The van der Waals surface area contributed by atoms with Crippen molar-refractivity contribution in [1.82, 2.24) is 9.88 Å². The lowest BCUT2D eigenvalue weighted by molar-refractivity contribution is -0.119. The van der Waals surface area contributed by atoms with Crippen LogP contribution in [0.1, 0.15) is 16.8 Å². The third kappa shape index (κ3) is 3.59. The van der Waals surface area contributed by atoms with Gasteiger partial charge >= 0.3 is 0 Å². The first-order valence-corrected chi connectivity index (χ1v) is 8.30. The molecular formula is C16H14FN5O2S. The third-order valence-corrected chi connectivity index (χ3v) is 4.91. The Bertz CT molecular complexity index is 876. The van der Waals surface area contributed by atoms with E-state index in [-0.39, 0.29) is 17.4 Å². The number of carbonyl (C=O) groups excluding carboxylic acids is 2. The van der Waals surface area contributed by atoms with E-state index in [0.29, 0.717) is 35.1 Å². The van der Waals surface area contributed by atoms with Crippen LogP contribution in [0.15, 0.2) is 24.4 Å². The molecule has 2 aromatic rings. The maximum atomic E-state index is 13.5. The molecular weight excluding hydrogens is 345 g/mol. The molecule has 2 amide bonds. The standard InChI is InChI=1S/C16H14FN5O2S/c17-12-2-1-9(5-11(12)14(19)23)13-6-20-16(25-13)21-15(24)10-3-4-22(7-10)8-18/h1-2,5-6,10H,3-4,7H2,(H2,19,23)(H,20,21,24)/t10-/m0/s1. The highest BCUT2D eigenvalue weighted by atomic mass is 32.1. The molecule has 1 aliphatic heterocycles. The Labute approximate surface area is 146 Å². The number of hydrogen-bond donors (Lipinski definition) is 2. The van der Waals surface area contributed by atoms with Crippen molar-refractivity contribution in [3.05, 3.63) is 35.8 Å². The Kier molecular flexibility index (Phi) is 4.63. The normalized spacial score (nSPS) is 16.5. The van der Waals surface area contributed by atoms with E-state index in [2.05, 4.69) is 10.3 Å². The largest absolute Gasteiger partial charge is 0.366 e. The summed E-state index contributed by atoms with van der Waals surface area (Å²) < 4.78 is 13.5. The predicted octanol–water partition coefficient (Wildman–Crippen LogP) is 1.79. The molecule has 1 aliphatic rings. The number of nitriles is 1. The Hall–Kier alpha value is -2.99. The first kappa shape index (κ1) is 16.9. The van der Waals surface area contributed by atoms with E-state index >= 15 is 0 Å². The number of hydrogen-bond acceptors (Lipinski definition) is 6. The molecule has 25 heavy (non-hydrogen) atoms. The van der Waals surface area contributed by atoms with Gasteiger partial charge < -0.3 is 16.0 Å². The summed E-state index contributed by atoms with van der Waals surface area (Å²) >= 11 is 1.21. The van der Waals surface area contributed by atoms with Crippen LogP contribution in [0.25, 0.3) is 10.4 Å². The lowest BCUT2D eigenvalue weighted by atomic mass is 10.1. The molecule has 1 fully saturated rings. The number of carbonyl (C=O) groups is 2. The molecule has 9 heteroatoms. The number of thiazole rings is 1. The monoisotopic (exact) mass is 359 g/mol. The van der Waals surface area contributed by atoms with Crippen molar-refractivity contribution in [1.29, 1.82) is 5.26 Å². The SMILES string of the molecule is N#CN1CC[C@H](C(=O)Nc2ncc(-c3ccc(F)c(C(N)=O)c3)s2)C1. The van der Waals surface area contributed by atoms with Gasteiger partial charge in [-0.2, -0.15) is 5.26 Å². The summed E-state index contributed by atoms with van der Waals surface area (Å²) in [7, 11) is 0. The van der Waals surface area contributed by atoms with Gasteiger partial charge in [0.25, 0.3) is 5.91 Å². The summed E-state index contributed by atoms with van der Waals surface area (Å²) in [6.45, 7) is 0.976.